The van der Waals surface area contributed by atoms with E-state index in [0.29, 0.717) is 19.5 Å². The third-order valence-electron chi connectivity index (χ3n) is 4.52. The highest BCUT2D eigenvalue weighted by molar-refractivity contribution is 5.76. The van der Waals surface area contributed by atoms with Crippen LogP contribution in [0.5, 0.6) is 0 Å². The summed E-state index contributed by atoms with van der Waals surface area (Å²) in [6.45, 7) is 5.64. The maximum absolute atomic E-state index is 12.4. The van der Waals surface area contributed by atoms with E-state index in [1.54, 1.807) is 4.57 Å². The quantitative estimate of drug-likeness (QED) is 0.939. The molecular formula is C17H21N3O2. The lowest BCUT2D eigenvalue weighted by atomic mass is 10.00. The summed E-state index contributed by atoms with van der Waals surface area (Å²) < 4.78 is 1.64. The molecule has 1 aromatic heterocycles. The first kappa shape index (κ1) is 14.6. The number of carbonyl (C=O) groups excluding carboxylic acids is 1. The zero-order valence-corrected chi connectivity index (χ0v) is 13.1. The van der Waals surface area contributed by atoms with Crippen molar-refractivity contribution >= 4 is 5.91 Å². The van der Waals surface area contributed by atoms with Crippen LogP contribution >= 0.6 is 0 Å². The molecule has 22 heavy (non-hydrogen) atoms. The van der Waals surface area contributed by atoms with E-state index in [9.17, 15) is 9.59 Å². The van der Waals surface area contributed by atoms with Crippen molar-refractivity contribution in [2.75, 3.05) is 6.54 Å². The molecule has 1 aromatic carbocycles. The Bertz CT molecular complexity index is 758. The van der Waals surface area contributed by atoms with Crippen LogP contribution in [0.2, 0.25) is 0 Å². The van der Waals surface area contributed by atoms with Gasteiger partial charge in [-0.2, -0.15) is 0 Å². The summed E-state index contributed by atoms with van der Waals surface area (Å²) in [5.74, 6) is 0.111. The molecule has 0 fully saturated rings. The second-order valence-corrected chi connectivity index (χ2v) is 5.88. The molecular weight excluding hydrogens is 278 g/mol. The summed E-state index contributed by atoms with van der Waals surface area (Å²) in [6, 6.07) is 8.26. The molecule has 2 aromatic rings. The van der Waals surface area contributed by atoms with Crippen molar-refractivity contribution in [3.63, 3.8) is 0 Å². The number of imidazole rings is 1. The minimum Gasteiger partial charge on any atom is -0.338 e. The first-order chi connectivity index (χ1) is 10.6. The summed E-state index contributed by atoms with van der Waals surface area (Å²) in [5, 5.41) is 0. The maximum Gasteiger partial charge on any atom is 0.325 e. The first-order valence-corrected chi connectivity index (χ1v) is 7.67. The average molecular weight is 299 g/mol. The fourth-order valence-electron chi connectivity index (χ4n) is 3.02. The largest absolute Gasteiger partial charge is 0.338 e. The van der Waals surface area contributed by atoms with Gasteiger partial charge in [0, 0.05) is 37.4 Å². The molecule has 0 radical (unpaired) electrons. The summed E-state index contributed by atoms with van der Waals surface area (Å²) in [5.41, 5.74) is 4.20. The molecule has 0 spiro atoms. The van der Waals surface area contributed by atoms with Gasteiger partial charge in [-0.05, 0) is 31.4 Å². The van der Waals surface area contributed by atoms with Crippen LogP contribution < -0.4 is 5.69 Å². The lowest BCUT2D eigenvalue weighted by Crippen LogP contribution is -2.36. The SMILES string of the molecule is Cc1[nH]c(=O)n(CCC(=O)N2CCc3ccccc3C2)c1C. The number of rotatable bonds is 3. The number of H-pyrrole nitrogens is 1. The Morgan fingerprint density at radius 3 is 2.64 bits per heavy atom. The van der Waals surface area contributed by atoms with Crippen molar-refractivity contribution in [1.29, 1.82) is 0 Å². The minimum atomic E-state index is -0.133. The van der Waals surface area contributed by atoms with E-state index in [2.05, 4.69) is 17.1 Å². The van der Waals surface area contributed by atoms with Crippen LogP contribution in [0.3, 0.4) is 0 Å². The Hall–Kier alpha value is -2.30. The Labute approximate surface area is 129 Å². The third-order valence-corrected chi connectivity index (χ3v) is 4.52. The van der Waals surface area contributed by atoms with Gasteiger partial charge in [-0.3, -0.25) is 9.36 Å². The van der Waals surface area contributed by atoms with Crippen LogP contribution in [0.25, 0.3) is 0 Å². The van der Waals surface area contributed by atoms with Gasteiger partial charge in [-0.25, -0.2) is 4.79 Å². The topological polar surface area (TPSA) is 58.1 Å². The number of hydrogen-bond donors (Lipinski definition) is 1. The number of aromatic amines is 1. The van der Waals surface area contributed by atoms with E-state index in [0.717, 1.165) is 24.4 Å². The van der Waals surface area contributed by atoms with Crippen LogP contribution in [0.1, 0.15) is 28.9 Å². The highest BCUT2D eigenvalue weighted by atomic mass is 16.2. The van der Waals surface area contributed by atoms with Crippen molar-refractivity contribution in [1.82, 2.24) is 14.5 Å². The van der Waals surface area contributed by atoms with E-state index in [1.165, 1.54) is 11.1 Å². The maximum atomic E-state index is 12.4. The predicted molar refractivity (Wildman–Crippen MR) is 84.7 cm³/mol. The number of nitrogens with one attached hydrogen (secondary N) is 1. The number of nitrogens with zero attached hydrogens (tertiary/aromatic N) is 2. The van der Waals surface area contributed by atoms with Gasteiger partial charge in [-0.15, -0.1) is 0 Å². The van der Waals surface area contributed by atoms with Crippen LogP contribution in [-0.2, 0) is 24.3 Å². The van der Waals surface area contributed by atoms with Crippen LogP contribution in [-0.4, -0.2) is 26.9 Å². The monoisotopic (exact) mass is 299 g/mol. The molecule has 0 unspecified atom stereocenters. The zero-order chi connectivity index (χ0) is 15.7. The Kier molecular flexibility index (Phi) is 3.88. The number of amides is 1. The van der Waals surface area contributed by atoms with Crippen molar-refractivity contribution in [3.05, 3.63) is 57.3 Å². The van der Waals surface area contributed by atoms with E-state index < -0.39 is 0 Å². The standard InChI is InChI=1S/C17H21N3O2/c1-12-13(2)20(17(22)18-12)10-8-16(21)19-9-7-14-5-3-4-6-15(14)11-19/h3-6H,7-11H2,1-2H3,(H,18,22). The van der Waals surface area contributed by atoms with Gasteiger partial charge in [0.05, 0.1) is 0 Å². The first-order valence-electron chi connectivity index (χ1n) is 7.67. The summed E-state index contributed by atoms with van der Waals surface area (Å²) in [6.07, 6.45) is 1.27. The molecule has 5 heteroatoms. The van der Waals surface area contributed by atoms with E-state index in [-0.39, 0.29) is 11.6 Å². The van der Waals surface area contributed by atoms with Gasteiger partial charge in [0.25, 0.3) is 0 Å². The molecule has 0 aliphatic carbocycles. The number of aryl methyl sites for hydroxylation is 1. The van der Waals surface area contributed by atoms with Gasteiger partial charge in [0.1, 0.15) is 0 Å². The van der Waals surface area contributed by atoms with E-state index >= 15 is 0 Å². The molecule has 0 saturated carbocycles. The molecule has 0 saturated heterocycles. The van der Waals surface area contributed by atoms with Gasteiger partial charge in [-0.1, -0.05) is 24.3 Å². The number of carbonyl (C=O) groups is 1. The smallest absolute Gasteiger partial charge is 0.325 e. The molecule has 116 valence electrons. The van der Waals surface area contributed by atoms with Gasteiger partial charge < -0.3 is 9.88 Å². The van der Waals surface area contributed by atoms with Gasteiger partial charge >= 0.3 is 5.69 Å². The van der Waals surface area contributed by atoms with Crippen molar-refractivity contribution in [3.8, 4) is 0 Å². The van der Waals surface area contributed by atoms with Crippen LogP contribution in [0.4, 0.5) is 0 Å². The number of aromatic nitrogens is 2. The van der Waals surface area contributed by atoms with Crippen LogP contribution in [0, 0.1) is 13.8 Å². The van der Waals surface area contributed by atoms with E-state index in [1.807, 2.05) is 30.9 Å². The second kappa shape index (κ2) is 5.83. The highest BCUT2D eigenvalue weighted by Crippen LogP contribution is 2.19. The zero-order valence-electron chi connectivity index (χ0n) is 13.1. The van der Waals surface area contributed by atoms with Crippen molar-refractivity contribution in [2.45, 2.75) is 39.8 Å². The fourth-order valence-corrected chi connectivity index (χ4v) is 3.02. The third kappa shape index (κ3) is 2.71. The van der Waals surface area contributed by atoms with Crippen molar-refractivity contribution in [2.24, 2.45) is 0 Å². The summed E-state index contributed by atoms with van der Waals surface area (Å²) >= 11 is 0. The average Bonchev–Trinajstić information content (AvgIpc) is 2.77. The normalized spacial score (nSPS) is 14.0. The van der Waals surface area contributed by atoms with E-state index in [4.69, 9.17) is 0 Å². The molecule has 1 N–H and O–H groups in total. The minimum absolute atomic E-state index is 0.111. The molecule has 2 heterocycles. The molecule has 0 atom stereocenters. The molecule has 1 amide bonds. The fraction of sp³-hybridized carbons (Fsp3) is 0.412. The Morgan fingerprint density at radius 2 is 1.95 bits per heavy atom. The molecule has 5 nitrogen and oxygen atoms in total. The number of fused-ring (bicyclic) bond motifs is 1. The molecule has 0 bridgehead atoms. The second-order valence-electron chi connectivity index (χ2n) is 5.88. The number of hydrogen-bond acceptors (Lipinski definition) is 2. The Morgan fingerprint density at radius 1 is 1.23 bits per heavy atom. The molecule has 3 rings (SSSR count). The Balaban J connectivity index is 1.65. The lowest BCUT2D eigenvalue weighted by molar-refractivity contribution is -0.132. The summed E-state index contributed by atoms with van der Waals surface area (Å²) in [7, 11) is 0. The van der Waals surface area contributed by atoms with Gasteiger partial charge in [0.15, 0.2) is 0 Å². The molecule has 1 aliphatic heterocycles. The highest BCUT2D eigenvalue weighted by Gasteiger charge is 2.20. The predicted octanol–water partition coefficient (Wildman–Crippen LogP) is 1.77. The van der Waals surface area contributed by atoms with Crippen LogP contribution in [0.15, 0.2) is 29.1 Å². The van der Waals surface area contributed by atoms with Crippen molar-refractivity contribution < 1.29 is 4.79 Å². The number of benzene rings is 1. The lowest BCUT2D eigenvalue weighted by Gasteiger charge is -2.29. The summed E-state index contributed by atoms with van der Waals surface area (Å²) in [4.78, 5) is 28.9. The molecule has 1 aliphatic rings. The van der Waals surface area contributed by atoms with Gasteiger partial charge in [0.2, 0.25) is 5.91 Å².